The van der Waals surface area contributed by atoms with Crippen molar-refractivity contribution in [3.8, 4) is 11.5 Å². The number of likely N-dealkylation sites (N-methyl/N-ethyl adjacent to an activating group) is 1. The number of hydrogen-bond acceptors (Lipinski definition) is 5. The summed E-state index contributed by atoms with van der Waals surface area (Å²) in [6, 6.07) is 5.45. The molecule has 128 valence electrons. The Morgan fingerprint density at radius 2 is 2.09 bits per heavy atom. The molecule has 1 aliphatic heterocycles. The number of aliphatic hydroxyl groups excluding tert-OH is 1. The minimum Gasteiger partial charge on any atom is -0.493 e. The van der Waals surface area contributed by atoms with Crippen LogP contribution < -0.4 is 9.47 Å². The standard InChI is InChI=1S/C17H26N2O4/c1-5-23-15-7-6-13(8-16(15)22-4)9-19-12(2)17(21)18(3)10-14(19)11-20/h6-8,12,14,20H,5,9-11H2,1-4H3/t12-,14+/m0/s1. The number of piperazine rings is 1. The highest BCUT2D eigenvalue weighted by atomic mass is 16.5. The smallest absolute Gasteiger partial charge is 0.239 e. The van der Waals surface area contributed by atoms with E-state index in [0.29, 0.717) is 31.2 Å². The number of benzene rings is 1. The third-order valence-corrected chi connectivity index (χ3v) is 4.29. The van der Waals surface area contributed by atoms with Gasteiger partial charge in [-0.3, -0.25) is 9.69 Å². The lowest BCUT2D eigenvalue weighted by molar-refractivity contribution is -0.144. The number of carbonyl (C=O) groups excluding carboxylic acids is 1. The molecular weight excluding hydrogens is 296 g/mol. The number of hydrogen-bond donors (Lipinski definition) is 1. The summed E-state index contributed by atoms with van der Waals surface area (Å²) in [7, 11) is 3.39. The van der Waals surface area contributed by atoms with Gasteiger partial charge in [0, 0.05) is 20.1 Å². The Labute approximate surface area is 137 Å². The first-order chi connectivity index (χ1) is 11.0. The highest BCUT2D eigenvalue weighted by Crippen LogP contribution is 2.29. The van der Waals surface area contributed by atoms with Crippen LogP contribution in [0.3, 0.4) is 0 Å². The van der Waals surface area contributed by atoms with E-state index < -0.39 is 0 Å². The molecule has 0 radical (unpaired) electrons. The third-order valence-electron chi connectivity index (χ3n) is 4.29. The van der Waals surface area contributed by atoms with E-state index in [2.05, 4.69) is 0 Å². The van der Waals surface area contributed by atoms with Crippen molar-refractivity contribution in [1.29, 1.82) is 0 Å². The molecule has 0 bridgehead atoms. The maximum absolute atomic E-state index is 12.2. The van der Waals surface area contributed by atoms with Crippen LogP contribution in [0.1, 0.15) is 19.4 Å². The molecule has 1 N–H and O–H groups in total. The first-order valence-corrected chi connectivity index (χ1v) is 7.93. The van der Waals surface area contributed by atoms with E-state index in [0.717, 1.165) is 5.56 Å². The fourth-order valence-electron chi connectivity index (χ4n) is 3.01. The Kier molecular flexibility index (Phi) is 5.85. The van der Waals surface area contributed by atoms with Gasteiger partial charge < -0.3 is 19.5 Å². The number of nitrogens with zero attached hydrogens (tertiary/aromatic N) is 2. The fourth-order valence-corrected chi connectivity index (χ4v) is 3.01. The summed E-state index contributed by atoms with van der Waals surface area (Å²) in [5.41, 5.74) is 1.02. The van der Waals surface area contributed by atoms with Crippen LogP contribution in [0, 0.1) is 0 Å². The fraction of sp³-hybridized carbons (Fsp3) is 0.588. The molecule has 0 aromatic heterocycles. The monoisotopic (exact) mass is 322 g/mol. The number of amides is 1. The molecule has 0 spiro atoms. The van der Waals surface area contributed by atoms with Crippen LogP contribution in [0.2, 0.25) is 0 Å². The average molecular weight is 322 g/mol. The highest BCUT2D eigenvalue weighted by molar-refractivity contribution is 5.82. The molecule has 1 saturated heterocycles. The molecule has 1 fully saturated rings. The van der Waals surface area contributed by atoms with Gasteiger partial charge in [0.15, 0.2) is 11.5 Å². The van der Waals surface area contributed by atoms with E-state index in [9.17, 15) is 9.90 Å². The Hall–Kier alpha value is -1.79. The summed E-state index contributed by atoms with van der Waals surface area (Å²) < 4.78 is 10.9. The summed E-state index contributed by atoms with van der Waals surface area (Å²) in [4.78, 5) is 15.9. The zero-order valence-electron chi connectivity index (χ0n) is 14.3. The molecule has 0 saturated carbocycles. The predicted molar refractivity (Wildman–Crippen MR) is 87.7 cm³/mol. The van der Waals surface area contributed by atoms with Crippen LogP contribution in [0.4, 0.5) is 0 Å². The third kappa shape index (κ3) is 3.76. The average Bonchev–Trinajstić information content (AvgIpc) is 2.56. The van der Waals surface area contributed by atoms with Crippen LogP contribution in [-0.2, 0) is 11.3 Å². The van der Waals surface area contributed by atoms with Gasteiger partial charge in [0.05, 0.1) is 32.4 Å². The summed E-state index contributed by atoms with van der Waals surface area (Å²) >= 11 is 0. The zero-order valence-corrected chi connectivity index (χ0v) is 14.3. The topological polar surface area (TPSA) is 62.2 Å². The number of carbonyl (C=O) groups is 1. The van der Waals surface area contributed by atoms with Gasteiger partial charge in [0.1, 0.15) is 0 Å². The second-order valence-electron chi connectivity index (χ2n) is 5.82. The van der Waals surface area contributed by atoms with Crippen molar-refractivity contribution in [2.45, 2.75) is 32.5 Å². The van der Waals surface area contributed by atoms with Crippen molar-refractivity contribution >= 4 is 5.91 Å². The van der Waals surface area contributed by atoms with E-state index in [1.54, 1.807) is 19.1 Å². The number of rotatable bonds is 6. The molecule has 1 heterocycles. The van der Waals surface area contributed by atoms with E-state index >= 15 is 0 Å². The SMILES string of the molecule is CCOc1ccc(CN2[C@@H](CO)CN(C)C(=O)[C@@H]2C)cc1OC. The van der Waals surface area contributed by atoms with Gasteiger partial charge in [0.25, 0.3) is 0 Å². The van der Waals surface area contributed by atoms with Crippen LogP contribution in [-0.4, -0.2) is 66.8 Å². The van der Waals surface area contributed by atoms with Crippen molar-refractivity contribution < 1.29 is 19.4 Å². The van der Waals surface area contributed by atoms with E-state index in [-0.39, 0.29) is 24.6 Å². The van der Waals surface area contributed by atoms with Gasteiger partial charge in [0.2, 0.25) is 5.91 Å². The maximum atomic E-state index is 12.2. The molecule has 1 aliphatic rings. The van der Waals surface area contributed by atoms with Gasteiger partial charge >= 0.3 is 0 Å². The summed E-state index contributed by atoms with van der Waals surface area (Å²) in [5.74, 6) is 1.46. The van der Waals surface area contributed by atoms with Crippen LogP contribution in [0.5, 0.6) is 11.5 Å². The normalized spacial score (nSPS) is 22.3. The molecule has 2 rings (SSSR count). The molecule has 1 aromatic carbocycles. The van der Waals surface area contributed by atoms with Crippen molar-refractivity contribution in [1.82, 2.24) is 9.80 Å². The Bertz CT molecular complexity index is 549. The first-order valence-electron chi connectivity index (χ1n) is 7.93. The number of methoxy groups -OCH3 is 1. The Morgan fingerprint density at radius 1 is 1.35 bits per heavy atom. The van der Waals surface area contributed by atoms with E-state index in [4.69, 9.17) is 9.47 Å². The van der Waals surface area contributed by atoms with E-state index in [1.165, 1.54) is 0 Å². The lowest BCUT2D eigenvalue weighted by Crippen LogP contribution is -2.60. The second kappa shape index (κ2) is 7.66. The molecule has 1 amide bonds. The van der Waals surface area contributed by atoms with Gasteiger partial charge in [-0.1, -0.05) is 6.07 Å². The molecule has 2 atom stereocenters. The lowest BCUT2D eigenvalue weighted by Gasteiger charge is -2.43. The molecule has 6 nitrogen and oxygen atoms in total. The largest absolute Gasteiger partial charge is 0.493 e. The first kappa shape index (κ1) is 17.6. The molecule has 0 unspecified atom stereocenters. The van der Waals surface area contributed by atoms with Gasteiger partial charge in [-0.05, 0) is 31.5 Å². The zero-order chi connectivity index (χ0) is 17.0. The lowest BCUT2D eigenvalue weighted by atomic mass is 10.0. The summed E-state index contributed by atoms with van der Waals surface area (Å²) in [6.45, 7) is 5.52. The number of ether oxygens (including phenoxy) is 2. The number of aliphatic hydroxyl groups is 1. The molecule has 23 heavy (non-hydrogen) atoms. The molecule has 6 heteroatoms. The van der Waals surface area contributed by atoms with Crippen molar-refractivity contribution in [3.05, 3.63) is 23.8 Å². The Balaban J connectivity index is 2.20. The Morgan fingerprint density at radius 3 is 2.70 bits per heavy atom. The summed E-state index contributed by atoms with van der Waals surface area (Å²) in [5, 5.41) is 9.65. The van der Waals surface area contributed by atoms with Crippen molar-refractivity contribution in [2.24, 2.45) is 0 Å². The highest BCUT2D eigenvalue weighted by Gasteiger charge is 2.36. The minimum absolute atomic E-state index is 0.0239. The molecular formula is C17H26N2O4. The van der Waals surface area contributed by atoms with Crippen molar-refractivity contribution in [2.75, 3.05) is 33.9 Å². The molecule has 0 aliphatic carbocycles. The van der Waals surface area contributed by atoms with Gasteiger partial charge in [-0.25, -0.2) is 0 Å². The predicted octanol–water partition coefficient (Wildman–Crippen LogP) is 1.12. The summed E-state index contributed by atoms with van der Waals surface area (Å²) in [6.07, 6.45) is 0. The quantitative estimate of drug-likeness (QED) is 0.850. The van der Waals surface area contributed by atoms with Crippen LogP contribution in [0.25, 0.3) is 0 Å². The second-order valence-corrected chi connectivity index (χ2v) is 5.82. The molecule has 1 aromatic rings. The van der Waals surface area contributed by atoms with Gasteiger partial charge in [-0.15, -0.1) is 0 Å². The maximum Gasteiger partial charge on any atom is 0.239 e. The van der Waals surface area contributed by atoms with Gasteiger partial charge in [-0.2, -0.15) is 0 Å². The minimum atomic E-state index is -0.261. The van der Waals surface area contributed by atoms with Crippen LogP contribution >= 0.6 is 0 Å². The van der Waals surface area contributed by atoms with Crippen molar-refractivity contribution in [3.63, 3.8) is 0 Å². The van der Waals surface area contributed by atoms with Crippen LogP contribution in [0.15, 0.2) is 18.2 Å². The van der Waals surface area contributed by atoms with E-state index in [1.807, 2.05) is 36.9 Å².